The molecular weight excluding hydrogens is 226 g/mol. The molecule has 96 valence electrons. The van der Waals surface area contributed by atoms with Gasteiger partial charge in [-0.3, -0.25) is 0 Å². The number of allylic oxidation sites excluding steroid dienone is 1. The van der Waals surface area contributed by atoms with Crippen LogP contribution < -0.4 is 4.90 Å². The van der Waals surface area contributed by atoms with Gasteiger partial charge in [-0.05, 0) is 38.3 Å². The molecule has 0 bridgehead atoms. The topological polar surface area (TPSA) is 29.5 Å². The van der Waals surface area contributed by atoms with Crippen molar-refractivity contribution >= 4 is 11.7 Å². The molecule has 1 aliphatic rings. The number of para-hydroxylation sites is 1. The number of hydrogen-bond donors (Lipinski definition) is 0. The third-order valence-electron chi connectivity index (χ3n) is 3.05. The summed E-state index contributed by atoms with van der Waals surface area (Å²) in [5.41, 5.74) is 2.21. The zero-order chi connectivity index (χ0) is 12.8. The molecule has 1 aromatic carbocycles. The first-order valence-electron chi connectivity index (χ1n) is 6.51. The quantitative estimate of drug-likeness (QED) is 0.605. The van der Waals surface area contributed by atoms with Gasteiger partial charge in [0.2, 0.25) is 0 Å². The van der Waals surface area contributed by atoms with Gasteiger partial charge in [-0.2, -0.15) is 0 Å². The van der Waals surface area contributed by atoms with Crippen molar-refractivity contribution in [3.05, 3.63) is 42.1 Å². The van der Waals surface area contributed by atoms with Crippen LogP contribution in [0.3, 0.4) is 0 Å². The molecule has 1 heterocycles. The van der Waals surface area contributed by atoms with Crippen LogP contribution in [0, 0.1) is 0 Å². The van der Waals surface area contributed by atoms with Crippen molar-refractivity contribution in [1.29, 1.82) is 0 Å². The molecule has 0 aromatic heterocycles. The van der Waals surface area contributed by atoms with E-state index in [1.807, 2.05) is 25.1 Å². The van der Waals surface area contributed by atoms with E-state index in [0.717, 1.165) is 37.2 Å². The summed E-state index contributed by atoms with van der Waals surface area (Å²) in [6, 6.07) is 10.2. The van der Waals surface area contributed by atoms with E-state index in [2.05, 4.69) is 17.0 Å². The van der Waals surface area contributed by atoms with Gasteiger partial charge in [-0.1, -0.05) is 18.2 Å². The molecule has 18 heavy (non-hydrogen) atoms. The molecule has 0 spiro atoms. The van der Waals surface area contributed by atoms with Crippen LogP contribution in [0.1, 0.15) is 26.2 Å². The molecule has 3 heteroatoms. The number of anilines is 1. The number of nitrogens with zero attached hydrogens (tertiary/aromatic N) is 1. The van der Waals surface area contributed by atoms with E-state index in [1.165, 1.54) is 0 Å². The monoisotopic (exact) mass is 245 g/mol. The predicted octanol–water partition coefficient (Wildman–Crippen LogP) is 3.12. The molecular formula is C15H19NO2. The summed E-state index contributed by atoms with van der Waals surface area (Å²) in [5.74, 6) is -0.240. The van der Waals surface area contributed by atoms with Crippen LogP contribution >= 0.6 is 0 Å². The van der Waals surface area contributed by atoms with Gasteiger partial charge in [0.05, 0.1) is 6.61 Å². The third-order valence-corrected chi connectivity index (χ3v) is 3.05. The van der Waals surface area contributed by atoms with Crippen molar-refractivity contribution < 1.29 is 9.53 Å². The fourth-order valence-electron chi connectivity index (χ4n) is 2.23. The minimum absolute atomic E-state index is 0.240. The first-order chi connectivity index (χ1) is 8.81. The number of benzene rings is 1. The summed E-state index contributed by atoms with van der Waals surface area (Å²) in [7, 11) is 0. The molecule has 1 fully saturated rings. The lowest BCUT2D eigenvalue weighted by Gasteiger charge is -2.31. The highest BCUT2D eigenvalue weighted by atomic mass is 16.5. The van der Waals surface area contributed by atoms with Crippen molar-refractivity contribution in [2.24, 2.45) is 0 Å². The maximum atomic E-state index is 11.6. The lowest BCUT2D eigenvalue weighted by atomic mass is 10.1. The van der Waals surface area contributed by atoms with Crippen molar-refractivity contribution in [3.63, 3.8) is 0 Å². The number of carbonyl (C=O) groups is 1. The van der Waals surface area contributed by atoms with E-state index < -0.39 is 0 Å². The molecule has 0 N–H and O–H groups in total. The number of hydrogen-bond acceptors (Lipinski definition) is 3. The van der Waals surface area contributed by atoms with E-state index in [0.29, 0.717) is 6.61 Å². The highest BCUT2D eigenvalue weighted by Crippen LogP contribution is 2.27. The molecule has 1 aliphatic heterocycles. The van der Waals surface area contributed by atoms with E-state index in [4.69, 9.17) is 4.74 Å². The van der Waals surface area contributed by atoms with E-state index in [1.54, 1.807) is 6.08 Å². The van der Waals surface area contributed by atoms with Crippen LogP contribution in [-0.4, -0.2) is 19.1 Å². The maximum Gasteiger partial charge on any atom is 0.332 e. The van der Waals surface area contributed by atoms with E-state index in [-0.39, 0.29) is 5.97 Å². The molecule has 2 rings (SSSR count). The smallest absolute Gasteiger partial charge is 0.332 e. The zero-order valence-electron chi connectivity index (χ0n) is 10.8. The average molecular weight is 245 g/mol. The SMILES string of the molecule is CCOC(=O)/C=C1\CCCCN1c1ccccc1. The lowest BCUT2D eigenvalue weighted by Crippen LogP contribution is -2.28. The first kappa shape index (κ1) is 12.7. The first-order valence-corrected chi connectivity index (χ1v) is 6.51. The summed E-state index contributed by atoms with van der Waals surface area (Å²) in [4.78, 5) is 13.8. The third kappa shape index (κ3) is 3.13. The number of carbonyl (C=O) groups excluding carboxylic acids is 1. The molecule has 3 nitrogen and oxygen atoms in total. The second-order valence-corrected chi connectivity index (χ2v) is 4.33. The fourth-order valence-corrected chi connectivity index (χ4v) is 2.23. The molecule has 1 saturated heterocycles. The largest absolute Gasteiger partial charge is 0.463 e. The van der Waals surface area contributed by atoms with Gasteiger partial charge < -0.3 is 9.64 Å². The number of ether oxygens (including phenoxy) is 1. The second kappa shape index (κ2) is 6.24. The minimum atomic E-state index is -0.240. The molecule has 0 radical (unpaired) electrons. The van der Waals surface area contributed by atoms with Crippen molar-refractivity contribution in [3.8, 4) is 0 Å². The molecule has 0 unspecified atom stereocenters. The van der Waals surface area contributed by atoms with Crippen LogP contribution in [0.4, 0.5) is 5.69 Å². The summed E-state index contributed by atoms with van der Waals surface area (Å²) in [6.45, 7) is 3.22. The van der Waals surface area contributed by atoms with Gasteiger partial charge in [-0.15, -0.1) is 0 Å². The standard InChI is InChI=1S/C15H19NO2/c1-2-18-15(17)12-14-10-6-7-11-16(14)13-8-4-3-5-9-13/h3-5,8-9,12H,2,6-7,10-11H2,1H3/b14-12+. The summed E-state index contributed by atoms with van der Waals surface area (Å²) >= 11 is 0. The molecule has 0 saturated carbocycles. The van der Waals surface area contributed by atoms with Gasteiger partial charge in [0.1, 0.15) is 0 Å². The van der Waals surface area contributed by atoms with Crippen LogP contribution in [0.15, 0.2) is 42.1 Å². The van der Waals surface area contributed by atoms with Crippen LogP contribution in [0.5, 0.6) is 0 Å². The Bertz CT molecular complexity index is 425. The Morgan fingerprint density at radius 2 is 2.11 bits per heavy atom. The molecule has 0 atom stereocenters. The van der Waals surface area contributed by atoms with Crippen LogP contribution in [-0.2, 0) is 9.53 Å². The highest BCUT2D eigenvalue weighted by Gasteiger charge is 2.17. The van der Waals surface area contributed by atoms with E-state index >= 15 is 0 Å². The fraction of sp³-hybridized carbons (Fsp3) is 0.400. The predicted molar refractivity (Wildman–Crippen MR) is 72.4 cm³/mol. The second-order valence-electron chi connectivity index (χ2n) is 4.33. The Kier molecular flexibility index (Phi) is 4.40. The number of rotatable bonds is 3. The zero-order valence-corrected chi connectivity index (χ0v) is 10.8. The lowest BCUT2D eigenvalue weighted by molar-refractivity contribution is -0.137. The van der Waals surface area contributed by atoms with Crippen LogP contribution in [0.2, 0.25) is 0 Å². The summed E-state index contributed by atoms with van der Waals surface area (Å²) < 4.78 is 4.99. The van der Waals surface area contributed by atoms with Gasteiger partial charge >= 0.3 is 5.97 Å². The Morgan fingerprint density at radius 3 is 2.83 bits per heavy atom. The van der Waals surface area contributed by atoms with Gasteiger partial charge in [0.25, 0.3) is 0 Å². The Morgan fingerprint density at radius 1 is 1.33 bits per heavy atom. The van der Waals surface area contributed by atoms with Gasteiger partial charge in [0, 0.05) is 24.0 Å². The van der Waals surface area contributed by atoms with Crippen molar-refractivity contribution in [2.45, 2.75) is 26.2 Å². The number of piperidine rings is 1. The average Bonchev–Trinajstić information content (AvgIpc) is 2.40. The normalized spacial score (nSPS) is 17.8. The molecule has 0 aliphatic carbocycles. The van der Waals surface area contributed by atoms with Gasteiger partial charge in [0.15, 0.2) is 0 Å². The van der Waals surface area contributed by atoms with E-state index in [9.17, 15) is 4.79 Å². The van der Waals surface area contributed by atoms with Crippen molar-refractivity contribution in [1.82, 2.24) is 0 Å². The molecule has 0 amide bonds. The highest BCUT2D eigenvalue weighted by molar-refractivity contribution is 5.83. The van der Waals surface area contributed by atoms with Crippen LogP contribution in [0.25, 0.3) is 0 Å². The van der Waals surface area contributed by atoms with Crippen molar-refractivity contribution in [2.75, 3.05) is 18.1 Å². The Hall–Kier alpha value is -1.77. The Balaban J connectivity index is 2.18. The summed E-state index contributed by atoms with van der Waals surface area (Å²) in [5, 5.41) is 0. The number of esters is 1. The molecule has 1 aromatic rings. The Labute approximate surface area is 108 Å². The maximum absolute atomic E-state index is 11.6. The minimum Gasteiger partial charge on any atom is -0.463 e. The van der Waals surface area contributed by atoms with Gasteiger partial charge in [-0.25, -0.2) is 4.79 Å². The summed E-state index contributed by atoms with van der Waals surface area (Å²) in [6.07, 6.45) is 4.87.